The smallest absolute Gasteiger partial charge is 0.234 e. The molecule has 9 heteroatoms. The van der Waals surface area contributed by atoms with Gasteiger partial charge in [0, 0.05) is 49.0 Å². The zero-order valence-electron chi connectivity index (χ0n) is 17.5. The molecule has 0 bridgehead atoms. The van der Waals surface area contributed by atoms with Crippen molar-refractivity contribution in [2.24, 2.45) is 0 Å². The van der Waals surface area contributed by atoms with Gasteiger partial charge in [0.15, 0.2) is 0 Å². The maximum Gasteiger partial charge on any atom is 0.234 e. The first-order chi connectivity index (χ1) is 14.3. The van der Waals surface area contributed by atoms with Crippen molar-refractivity contribution >= 4 is 35.0 Å². The largest absolute Gasteiger partial charge is 0.355 e. The standard InChI is InChI=1S/C21H27Cl2N5O2/c1-4-24-20(29)13-26-7-9-27(10-8-26)21(30)12-17-14(2)25-28(15(17)3)19-6-5-16(22)11-18(19)23/h5-6,11H,4,7-10,12-13H2,1-3H3,(H,24,29). The molecule has 1 aliphatic rings. The van der Waals surface area contributed by atoms with Crippen molar-refractivity contribution in [3.8, 4) is 5.69 Å². The molecule has 162 valence electrons. The first-order valence-corrected chi connectivity index (χ1v) is 10.8. The van der Waals surface area contributed by atoms with Gasteiger partial charge in [-0.05, 0) is 39.0 Å². The molecule has 0 unspecified atom stereocenters. The molecule has 0 radical (unpaired) electrons. The van der Waals surface area contributed by atoms with E-state index in [0.29, 0.717) is 55.7 Å². The highest BCUT2D eigenvalue weighted by molar-refractivity contribution is 6.35. The molecule has 2 amide bonds. The Morgan fingerprint density at radius 3 is 2.47 bits per heavy atom. The van der Waals surface area contributed by atoms with E-state index < -0.39 is 0 Å². The van der Waals surface area contributed by atoms with Crippen LogP contribution < -0.4 is 5.32 Å². The normalized spacial score (nSPS) is 14.8. The van der Waals surface area contributed by atoms with Crippen LogP contribution >= 0.6 is 23.2 Å². The molecule has 2 aromatic rings. The minimum atomic E-state index is 0.0248. The number of carbonyl (C=O) groups excluding carboxylic acids is 2. The van der Waals surface area contributed by atoms with Crippen LogP contribution in [0, 0.1) is 13.8 Å². The lowest BCUT2D eigenvalue weighted by atomic mass is 10.1. The van der Waals surface area contributed by atoms with Gasteiger partial charge >= 0.3 is 0 Å². The van der Waals surface area contributed by atoms with Crippen LogP contribution in [0.15, 0.2) is 18.2 Å². The van der Waals surface area contributed by atoms with Gasteiger partial charge in [-0.3, -0.25) is 14.5 Å². The van der Waals surface area contributed by atoms with Crippen LogP contribution in [0.25, 0.3) is 5.69 Å². The summed E-state index contributed by atoms with van der Waals surface area (Å²) < 4.78 is 1.76. The summed E-state index contributed by atoms with van der Waals surface area (Å²) >= 11 is 12.3. The number of halogens is 2. The quantitative estimate of drug-likeness (QED) is 0.732. The highest BCUT2D eigenvalue weighted by Crippen LogP contribution is 2.27. The summed E-state index contributed by atoms with van der Waals surface area (Å²) in [6.45, 7) is 9.38. The zero-order valence-corrected chi connectivity index (χ0v) is 19.1. The fourth-order valence-corrected chi connectivity index (χ4v) is 4.18. The Bertz CT molecular complexity index is 936. The second-order valence-electron chi connectivity index (χ2n) is 7.44. The number of hydrogen-bond donors (Lipinski definition) is 1. The Morgan fingerprint density at radius 1 is 1.13 bits per heavy atom. The van der Waals surface area contributed by atoms with Crippen LogP contribution in [-0.2, 0) is 16.0 Å². The van der Waals surface area contributed by atoms with Crippen molar-refractivity contribution in [1.29, 1.82) is 0 Å². The summed E-state index contributed by atoms with van der Waals surface area (Å²) in [5, 5.41) is 8.48. The Morgan fingerprint density at radius 2 is 1.83 bits per heavy atom. The minimum Gasteiger partial charge on any atom is -0.355 e. The van der Waals surface area contributed by atoms with Crippen LogP contribution in [0.4, 0.5) is 0 Å². The number of nitrogens with zero attached hydrogens (tertiary/aromatic N) is 4. The zero-order chi connectivity index (χ0) is 21.8. The average Bonchev–Trinajstić information content (AvgIpc) is 2.97. The highest BCUT2D eigenvalue weighted by atomic mass is 35.5. The summed E-state index contributed by atoms with van der Waals surface area (Å²) in [4.78, 5) is 28.6. The number of hydrogen-bond acceptors (Lipinski definition) is 4. The molecule has 1 N–H and O–H groups in total. The molecule has 1 aromatic carbocycles. The minimum absolute atomic E-state index is 0.0248. The molecule has 1 saturated heterocycles. The number of carbonyl (C=O) groups is 2. The van der Waals surface area contributed by atoms with Crippen molar-refractivity contribution in [3.63, 3.8) is 0 Å². The summed E-state index contributed by atoms with van der Waals surface area (Å²) in [5.74, 6) is 0.0948. The van der Waals surface area contributed by atoms with E-state index in [4.69, 9.17) is 23.2 Å². The molecule has 3 rings (SSSR count). The van der Waals surface area contributed by atoms with Gasteiger partial charge in [0.1, 0.15) is 0 Å². The second kappa shape index (κ2) is 9.81. The van der Waals surface area contributed by atoms with E-state index in [0.717, 1.165) is 22.6 Å². The molecule has 7 nitrogen and oxygen atoms in total. The fraction of sp³-hybridized carbons (Fsp3) is 0.476. The molecule has 0 atom stereocenters. The number of aryl methyl sites for hydroxylation is 1. The molecule has 30 heavy (non-hydrogen) atoms. The van der Waals surface area contributed by atoms with Crippen LogP contribution in [0.5, 0.6) is 0 Å². The fourth-order valence-electron chi connectivity index (χ4n) is 3.69. The van der Waals surface area contributed by atoms with Crippen LogP contribution in [0.3, 0.4) is 0 Å². The lowest BCUT2D eigenvalue weighted by molar-refractivity contribution is -0.132. The van der Waals surface area contributed by atoms with Crippen LogP contribution in [0.1, 0.15) is 23.9 Å². The van der Waals surface area contributed by atoms with Crippen LogP contribution in [-0.4, -0.2) is 70.7 Å². The van der Waals surface area contributed by atoms with E-state index in [-0.39, 0.29) is 11.8 Å². The third-order valence-corrected chi connectivity index (χ3v) is 5.91. The molecule has 1 fully saturated rings. The number of aromatic nitrogens is 2. The van der Waals surface area contributed by atoms with Crippen molar-refractivity contribution < 1.29 is 9.59 Å². The van der Waals surface area contributed by atoms with E-state index >= 15 is 0 Å². The van der Waals surface area contributed by atoms with Crippen LogP contribution in [0.2, 0.25) is 10.0 Å². The molecule has 1 aromatic heterocycles. The second-order valence-corrected chi connectivity index (χ2v) is 8.29. The summed E-state index contributed by atoms with van der Waals surface area (Å²) in [6, 6.07) is 5.27. The predicted octanol–water partition coefficient (Wildman–Crippen LogP) is 2.62. The van der Waals surface area contributed by atoms with E-state index in [2.05, 4.69) is 15.3 Å². The number of benzene rings is 1. The number of piperazine rings is 1. The van der Waals surface area contributed by atoms with Gasteiger partial charge in [0.25, 0.3) is 0 Å². The Hall–Kier alpha value is -2.09. The molecule has 0 saturated carbocycles. The van der Waals surface area contributed by atoms with E-state index in [1.165, 1.54) is 0 Å². The van der Waals surface area contributed by atoms with E-state index in [9.17, 15) is 9.59 Å². The van der Waals surface area contributed by atoms with Crippen molar-refractivity contribution in [3.05, 3.63) is 45.2 Å². The summed E-state index contributed by atoms with van der Waals surface area (Å²) in [6.07, 6.45) is 0.291. The summed E-state index contributed by atoms with van der Waals surface area (Å²) in [5.41, 5.74) is 3.34. The SMILES string of the molecule is CCNC(=O)CN1CCN(C(=O)Cc2c(C)nn(-c3ccc(Cl)cc3Cl)c2C)CC1. The third-order valence-electron chi connectivity index (χ3n) is 5.37. The molecular formula is C21H27Cl2N5O2. The molecular weight excluding hydrogens is 425 g/mol. The molecule has 1 aliphatic heterocycles. The first-order valence-electron chi connectivity index (χ1n) is 10.1. The predicted molar refractivity (Wildman–Crippen MR) is 118 cm³/mol. The average molecular weight is 452 g/mol. The van der Waals surface area contributed by atoms with Gasteiger partial charge < -0.3 is 10.2 Å². The maximum atomic E-state index is 12.9. The Labute approximate surface area is 186 Å². The van der Waals surface area contributed by atoms with Gasteiger partial charge in [-0.15, -0.1) is 0 Å². The monoisotopic (exact) mass is 451 g/mol. The molecule has 2 heterocycles. The van der Waals surface area contributed by atoms with Gasteiger partial charge in [-0.1, -0.05) is 23.2 Å². The van der Waals surface area contributed by atoms with E-state index in [1.807, 2.05) is 31.7 Å². The lowest BCUT2D eigenvalue weighted by Crippen LogP contribution is -2.51. The van der Waals surface area contributed by atoms with E-state index in [1.54, 1.807) is 16.8 Å². The van der Waals surface area contributed by atoms with Gasteiger partial charge in [0.2, 0.25) is 11.8 Å². The van der Waals surface area contributed by atoms with Gasteiger partial charge in [-0.25, -0.2) is 4.68 Å². The number of amides is 2. The topological polar surface area (TPSA) is 70.5 Å². The van der Waals surface area contributed by atoms with Gasteiger partial charge in [-0.2, -0.15) is 5.10 Å². The van der Waals surface area contributed by atoms with Crippen molar-refractivity contribution in [2.45, 2.75) is 27.2 Å². The number of likely N-dealkylation sites (N-methyl/N-ethyl adjacent to an activating group) is 1. The lowest BCUT2D eigenvalue weighted by Gasteiger charge is -2.34. The maximum absolute atomic E-state index is 12.9. The third kappa shape index (κ3) is 5.14. The van der Waals surface area contributed by atoms with Crippen molar-refractivity contribution in [1.82, 2.24) is 24.9 Å². The number of rotatable bonds is 6. The number of nitrogens with one attached hydrogen (secondary N) is 1. The van der Waals surface area contributed by atoms with Crippen molar-refractivity contribution in [2.75, 3.05) is 39.3 Å². The first kappa shape index (κ1) is 22.6. The summed E-state index contributed by atoms with van der Waals surface area (Å²) in [7, 11) is 0. The molecule has 0 spiro atoms. The van der Waals surface area contributed by atoms with Gasteiger partial charge in [0.05, 0.1) is 29.4 Å². The Kier molecular flexibility index (Phi) is 7.39. The highest BCUT2D eigenvalue weighted by Gasteiger charge is 2.24. The Balaban J connectivity index is 1.65. The molecule has 0 aliphatic carbocycles.